The minimum Gasteiger partial charge on any atom is -0.304 e. The van der Waals surface area contributed by atoms with Crippen molar-refractivity contribution in [1.82, 2.24) is 14.8 Å². The van der Waals surface area contributed by atoms with Crippen LogP contribution in [0.2, 0.25) is 0 Å². The van der Waals surface area contributed by atoms with E-state index in [0.717, 1.165) is 13.0 Å². The molecular formula is C17H33N3. The van der Waals surface area contributed by atoms with Gasteiger partial charge in [0.2, 0.25) is 0 Å². The zero-order valence-electron chi connectivity index (χ0n) is 14.3. The van der Waals surface area contributed by atoms with Crippen molar-refractivity contribution in [2.75, 3.05) is 33.2 Å². The monoisotopic (exact) mass is 279 g/mol. The molecule has 0 bridgehead atoms. The van der Waals surface area contributed by atoms with E-state index in [1.165, 1.54) is 37.4 Å². The van der Waals surface area contributed by atoms with E-state index in [1.807, 2.05) is 33.9 Å². The van der Waals surface area contributed by atoms with Gasteiger partial charge in [-0.1, -0.05) is 40.7 Å². The predicted molar refractivity (Wildman–Crippen MR) is 89.1 cm³/mol. The summed E-state index contributed by atoms with van der Waals surface area (Å²) in [4.78, 5) is 9.33. The minimum atomic E-state index is 1.02. The summed E-state index contributed by atoms with van der Waals surface area (Å²) in [6.07, 6.45) is 3.05. The van der Waals surface area contributed by atoms with E-state index in [4.69, 9.17) is 0 Å². The van der Waals surface area contributed by atoms with Crippen LogP contribution in [0, 0.1) is 0 Å². The topological polar surface area (TPSA) is 19.4 Å². The Hall–Kier alpha value is -0.930. The Bertz CT molecular complexity index is 314. The number of likely N-dealkylation sites (N-methyl/N-ethyl adjacent to an activating group) is 1. The Balaban J connectivity index is 0.000000829. The fourth-order valence-corrected chi connectivity index (χ4v) is 2.02. The molecule has 2 rings (SSSR count). The molecule has 1 fully saturated rings. The molecule has 3 heteroatoms. The number of aryl methyl sites for hydroxylation is 1. The third kappa shape index (κ3) is 7.01. The number of pyridine rings is 1. The zero-order valence-corrected chi connectivity index (χ0v) is 14.3. The van der Waals surface area contributed by atoms with Gasteiger partial charge >= 0.3 is 0 Å². The van der Waals surface area contributed by atoms with Crippen LogP contribution < -0.4 is 0 Å². The summed E-state index contributed by atoms with van der Waals surface area (Å²) < 4.78 is 0. The summed E-state index contributed by atoms with van der Waals surface area (Å²) in [7, 11) is 2.19. The summed E-state index contributed by atoms with van der Waals surface area (Å²) >= 11 is 0. The van der Waals surface area contributed by atoms with Crippen LogP contribution in [0.5, 0.6) is 0 Å². The van der Waals surface area contributed by atoms with Crippen LogP contribution in [-0.4, -0.2) is 48.0 Å². The maximum Gasteiger partial charge on any atom is 0.0401 e. The van der Waals surface area contributed by atoms with E-state index in [-0.39, 0.29) is 0 Å². The van der Waals surface area contributed by atoms with Gasteiger partial charge in [0.1, 0.15) is 0 Å². The molecule has 0 aliphatic carbocycles. The molecule has 1 aromatic heterocycles. The number of aromatic nitrogens is 1. The summed E-state index contributed by atoms with van der Waals surface area (Å²) in [5.41, 5.74) is 2.52. The second-order valence-corrected chi connectivity index (χ2v) is 4.59. The molecule has 20 heavy (non-hydrogen) atoms. The van der Waals surface area contributed by atoms with E-state index in [9.17, 15) is 0 Å². The lowest BCUT2D eigenvalue weighted by atomic mass is 10.2. The Morgan fingerprint density at radius 2 is 1.60 bits per heavy atom. The van der Waals surface area contributed by atoms with Gasteiger partial charge in [0.15, 0.2) is 0 Å². The Morgan fingerprint density at radius 1 is 1.00 bits per heavy atom. The van der Waals surface area contributed by atoms with Crippen molar-refractivity contribution in [2.24, 2.45) is 0 Å². The number of hydrogen-bond donors (Lipinski definition) is 0. The van der Waals surface area contributed by atoms with E-state index < -0.39 is 0 Å². The van der Waals surface area contributed by atoms with Crippen LogP contribution in [0.25, 0.3) is 0 Å². The highest BCUT2D eigenvalue weighted by atomic mass is 15.2. The molecule has 1 aliphatic heterocycles. The number of hydrogen-bond acceptors (Lipinski definition) is 3. The highest BCUT2D eigenvalue weighted by Crippen LogP contribution is 2.07. The maximum atomic E-state index is 4.44. The molecule has 0 spiro atoms. The number of rotatable bonds is 3. The van der Waals surface area contributed by atoms with Crippen LogP contribution in [0.1, 0.15) is 45.9 Å². The Morgan fingerprint density at radius 3 is 2.05 bits per heavy atom. The van der Waals surface area contributed by atoms with Gasteiger partial charge in [0.25, 0.3) is 0 Å². The molecule has 1 aliphatic rings. The number of nitrogens with zero attached hydrogens (tertiary/aromatic N) is 3. The first-order chi connectivity index (χ1) is 9.78. The second kappa shape index (κ2) is 11.9. The van der Waals surface area contributed by atoms with Crippen molar-refractivity contribution >= 4 is 0 Å². The molecule has 0 saturated carbocycles. The van der Waals surface area contributed by atoms with Crippen LogP contribution in [0.15, 0.2) is 18.3 Å². The quantitative estimate of drug-likeness (QED) is 0.845. The summed E-state index contributed by atoms with van der Waals surface area (Å²) in [5.74, 6) is 0. The van der Waals surface area contributed by atoms with Crippen LogP contribution in [0.4, 0.5) is 0 Å². The molecule has 116 valence electrons. The van der Waals surface area contributed by atoms with Crippen molar-refractivity contribution in [3.05, 3.63) is 29.6 Å². The molecule has 3 nitrogen and oxygen atoms in total. The normalized spacial score (nSPS) is 15.7. The van der Waals surface area contributed by atoms with Gasteiger partial charge in [-0.25, -0.2) is 0 Å². The maximum absolute atomic E-state index is 4.44. The van der Waals surface area contributed by atoms with Crippen molar-refractivity contribution in [3.63, 3.8) is 0 Å². The van der Waals surface area contributed by atoms with Crippen molar-refractivity contribution < 1.29 is 0 Å². The first-order valence-electron chi connectivity index (χ1n) is 8.12. The van der Waals surface area contributed by atoms with Crippen LogP contribution in [-0.2, 0) is 13.0 Å². The summed E-state index contributed by atoms with van der Waals surface area (Å²) in [5, 5.41) is 0. The summed E-state index contributed by atoms with van der Waals surface area (Å²) in [6.45, 7) is 15.9. The molecule has 0 radical (unpaired) electrons. The lowest BCUT2D eigenvalue weighted by Gasteiger charge is -2.32. The first-order valence-corrected chi connectivity index (χ1v) is 8.12. The molecule has 0 unspecified atom stereocenters. The van der Waals surface area contributed by atoms with Gasteiger partial charge in [-0.3, -0.25) is 9.88 Å². The average Bonchev–Trinajstić information content (AvgIpc) is 2.54. The van der Waals surface area contributed by atoms with Gasteiger partial charge in [-0.15, -0.1) is 0 Å². The van der Waals surface area contributed by atoms with Crippen molar-refractivity contribution in [1.29, 1.82) is 0 Å². The largest absolute Gasteiger partial charge is 0.304 e. The molecule has 1 aromatic rings. The van der Waals surface area contributed by atoms with E-state index in [0.29, 0.717) is 0 Å². The molecule has 1 saturated heterocycles. The third-order valence-corrected chi connectivity index (χ3v) is 3.25. The van der Waals surface area contributed by atoms with E-state index in [2.05, 4.69) is 40.9 Å². The first kappa shape index (κ1) is 19.1. The molecule has 0 amide bonds. The standard InChI is InChI=1S/C13H21N3.2C2H6/c1-3-13-5-4-12(10-14-13)11-16-8-6-15(2)7-9-16;2*1-2/h4-5,10H,3,6-9,11H2,1-2H3;2*1-2H3. The number of piperazine rings is 1. The average molecular weight is 279 g/mol. The SMILES string of the molecule is CC.CC.CCc1ccc(CN2CCN(C)CC2)cn1. The van der Waals surface area contributed by atoms with Crippen molar-refractivity contribution in [3.8, 4) is 0 Å². The highest BCUT2D eigenvalue weighted by molar-refractivity contribution is 5.14. The van der Waals surface area contributed by atoms with Crippen LogP contribution >= 0.6 is 0 Å². The van der Waals surface area contributed by atoms with Gasteiger partial charge in [0.05, 0.1) is 0 Å². The van der Waals surface area contributed by atoms with E-state index in [1.54, 1.807) is 0 Å². The lowest BCUT2D eigenvalue weighted by molar-refractivity contribution is 0.148. The molecule has 0 N–H and O–H groups in total. The fraction of sp³-hybridized carbons (Fsp3) is 0.706. The zero-order chi connectivity index (χ0) is 15.4. The lowest BCUT2D eigenvalue weighted by Crippen LogP contribution is -2.43. The Kier molecular flexibility index (Phi) is 11.3. The van der Waals surface area contributed by atoms with Gasteiger partial charge < -0.3 is 4.90 Å². The molecular weight excluding hydrogens is 246 g/mol. The molecule has 2 heterocycles. The van der Waals surface area contributed by atoms with Gasteiger partial charge in [-0.2, -0.15) is 0 Å². The third-order valence-electron chi connectivity index (χ3n) is 3.25. The van der Waals surface area contributed by atoms with Crippen molar-refractivity contribution in [2.45, 2.75) is 47.6 Å². The molecule has 0 atom stereocenters. The minimum absolute atomic E-state index is 1.02. The molecule has 0 aromatic carbocycles. The van der Waals surface area contributed by atoms with Crippen LogP contribution in [0.3, 0.4) is 0 Å². The highest BCUT2D eigenvalue weighted by Gasteiger charge is 2.13. The summed E-state index contributed by atoms with van der Waals surface area (Å²) in [6, 6.07) is 4.36. The predicted octanol–water partition coefficient (Wildman–Crippen LogP) is 3.44. The fourth-order valence-electron chi connectivity index (χ4n) is 2.02. The van der Waals surface area contributed by atoms with Gasteiger partial charge in [-0.05, 0) is 25.1 Å². The van der Waals surface area contributed by atoms with E-state index >= 15 is 0 Å². The van der Waals surface area contributed by atoms with Gasteiger partial charge in [0, 0.05) is 44.6 Å². The second-order valence-electron chi connectivity index (χ2n) is 4.59. The smallest absolute Gasteiger partial charge is 0.0401 e. The Labute approximate surface area is 126 Å².